The number of piperazine rings is 1. The largest absolute Gasteiger partial charge is 0.495 e. The van der Waals surface area contributed by atoms with Crippen LogP contribution in [0.5, 0.6) is 5.75 Å². The molecule has 29 heavy (non-hydrogen) atoms. The summed E-state index contributed by atoms with van der Waals surface area (Å²) in [5.41, 5.74) is 3.04. The summed E-state index contributed by atoms with van der Waals surface area (Å²) in [6, 6.07) is 16.0. The molecule has 1 saturated heterocycles. The normalized spacial score (nSPS) is 16.7. The number of carbonyl (C=O) groups is 1. The van der Waals surface area contributed by atoms with Crippen molar-refractivity contribution in [2.75, 3.05) is 45.2 Å². The number of nitrogens with one attached hydrogen (secondary N) is 1. The molecule has 0 saturated carbocycles. The zero-order chi connectivity index (χ0) is 20.6. The molecule has 0 spiro atoms. The van der Waals surface area contributed by atoms with Gasteiger partial charge in [0.05, 0.1) is 18.8 Å². The summed E-state index contributed by atoms with van der Waals surface area (Å²) < 4.78 is 5.37. The molecule has 5 heteroatoms. The SMILES string of the molecule is COc1ccc(C)cc1NC(=O)[C@H](C)N1CCN(C/C=C/c2ccccc2)CC1. The molecule has 1 aliphatic heterocycles. The molecule has 1 aliphatic rings. The Hall–Kier alpha value is -2.63. The first-order chi connectivity index (χ1) is 14.1. The maximum atomic E-state index is 12.8. The molecular weight excluding hydrogens is 362 g/mol. The van der Waals surface area contributed by atoms with E-state index < -0.39 is 0 Å². The molecule has 0 bridgehead atoms. The van der Waals surface area contributed by atoms with Gasteiger partial charge in [-0.05, 0) is 37.1 Å². The van der Waals surface area contributed by atoms with E-state index in [-0.39, 0.29) is 11.9 Å². The number of aryl methyl sites for hydroxylation is 1. The van der Waals surface area contributed by atoms with Crippen molar-refractivity contribution in [3.8, 4) is 5.75 Å². The Morgan fingerprint density at radius 3 is 2.55 bits per heavy atom. The van der Waals surface area contributed by atoms with Crippen LogP contribution in [0.15, 0.2) is 54.6 Å². The fraction of sp³-hybridized carbons (Fsp3) is 0.375. The first-order valence-corrected chi connectivity index (χ1v) is 10.2. The van der Waals surface area contributed by atoms with Gasteiger partial charge in [-0.1, -0.05) is 48.6 Å². The standard InChI is InChI=1S/C24H31N3O2/c1-19-11-12-23(29-3)22(18-19)25-24(28)20(2)27-16-14-26(15-17-27)13-7-10-21-8-5-4-6-9-21/h4-12,18,20H,13-17H2,1-3H3,(H,25,28)/b10-7+/t20-/m0/s1. The second-order valence-corrected chi connectivity index (χ2v) is 7.52. The molecule has 0 aliphatic carbocycles. The number of anilines is 1. The number of amides is 1. The number of hydrogen-bond donors (Lipinski definition) is 1. The Balaban J connectivity index is 1.48. The van der Waals surface area contributed by atoms with Crippen molar-refractivity contribution in [3.63, 3.8) is 0 Å². The summed E-state index contributed by atoms with van der Waals surface area (Å²) in [7, 11) is 1.62. The third-order valence-electron chi connectivity index (χ3n) is 5.42. The number of benzene rings is 2. The molecule has 1 atom stereocenters. The quantitative estimate of drug-likeness (QED) is 0.780. The zero-order valence-electron chi connectivity index (χ0n) is 17.6. The smallest absolute Gasteiger partial charge is 0.241 e. The van der Waals surface area contributed by atoms with Gasteiger partial charge in [-0.2, -0.15) is 0 Å². The summed E-state index contributed by atoms with van der Waals surface area (Å²) in [6.07, 6.45) is 4.38. The summed E-state index contributed by atoms with van der Waals surface area (Å²) in [4.78, 5) is 17.4. The lowest BCUT2D eigenvalue weighted by Crippen LogP contribution is -2.52. The summed E-state index contributed by atoms with van der Waals surface area (Å²) in [5.74, 6) is 0.692. The number of rotatable bonds is 7. The first-order valence-electron chi connectivity index (χ1n) is 10.2. The Labute approximate surface area is 174 Å². The third-order valence-corrected chi connectivity index (χ3v) is 5.42. The predicted molar refractivity (Wildman–Crippen MR) is 119 cm³/mol. The molecule has 1 fully saturated rings. The minimum absolute atomic E-state index is 0.00586. The van der Waals surface area contributed by atoms with E-state index in [1.54, 1.807) is 7.11 Å². The van der Waals surface area contributed by atoms with E-state index in [9.17, 15) is 4.79 Å². The molecule has 0 unspecified atom stereocenters. The van der Waals surface area contributed by atoms with E-state index in [1.807, 2.05) is 38.1 Å². The van der Waals surface area contributed by atoms with Crippen molar-refractivity contribution >= 4 is 17.7 Å². The van der Waals surface area contributed by atoms with Crippen molar-refractivity contribution in [2.45, 2.75) is 19.9 Å². The lowest BCUT2D eigenvalue weighted by atomic mass is 10.1. The van der Waals surface area contributed by atoms with Gasteiger partial charge in [0.15, 0.2) is 0 Å². The van der Waals surface area contributed by atoms with Crippen molar-refractivity contribution < 1.29 is 9.53 Å². The van der Waals surface area contributed by atoms with Crippen LogP contribution in [0.3, 0.4) is 0 Å². The minimum atomic E-state index is -0.178. The molecule has 2 aromatic rings. The van der Waals surface area contributed by atoms with Gasteiger partial charge >= 0.3 is 0 Å². The van der Waals surface area contributed by atoms with Crippen LogP contribution in [0, 0.1) is 6.92 Å². The molecule has 3 rings (SSSR count). The molecule has 1 heterocycles. The number of ether oxygens (including phenoxy) is 1. The number of hydrogen-bond acceptors (Lipinski definition) is 4. The van der Waals surface area contributed by atoms with Gasteiger partial charge in [0.1, 0.15) is 5.75 Å². The Kier molecular flexibility index (Phi) is 7.44. The van der Waals surface area contributed by atoms with Crippen LogP contribution in [0.25, 0.3) is 6.08 Å². The highest BCUT2D eigenvalue weighted by Crippen LogP contribution is 2.25. The van der Waals surface area contributed by atoms with Crippen molar-refractivity contribution in [1.29, 1.82) is 0 Å². The van der Waals surface area contributed by atoms with E-state index in [4.69, 9.17) is 4.74 Å². The lowest BCUT2D eigenvalue weighted by molar-refractivity contribution is -0.121. The van der Waals surface area contributed by atoms with Gasteiger partial charge in [0.25, 0.3) is 0 Å². The van der Waals surface area contributed by atoms with Crippen LogP contribution in [-0.4, -0.2) is 61.6 Å². The molecule has 1 amide bonds. The number of nitrogens with zero attached hydrogens (tertiary/aromatic N) is 2. The van der Waals surface area contributed by atoms with Crippen molar-refractivity contribution in [2.24, 2.45) is 0 Å². The van der Waals surface area contributed by atoms with E-state index in [1.165, 1.54) is 5.56 Å². The fourth-order valence-corrected chi connectivity index (χ4v) is 3.56. The predicted octanol–water partition coefficient (Wildman–Crippen LogP) is 3.66. The van der Waals surface area contributed by atoms with Crippen molar-refractivity contribution in [1.82, 2.24) is 9.80 Å². The van der Waals surface area contributed by atoms with E-state index in [2.05, 4.69) is 51.5 Å². The average molecular weight is 394 g/mol. The minimum Gasteiger partial charge on any atom is -0.495 e. The van der Waals surface area contributed by atoms with E-state index in [0.29, 0.717) is 5.75 Å². The third kappa shape index (κ3) is 5.92. The second kappa shape index (κ2) is 10.2. The zero-order valence-corrected chi connectivity index (χ0v) is 17.6. The second-order valence-electron chi connectivity index (χ2n) is 7.52. The van der Waals surface area contributed by atoms with Crippen LogP contribution >= 0.6 is 0 Å². The van der Waals surface area contributed by atoms with Crippen LogP contribution < -0.4 is 10.1 Å². The van der Waals surface area contributed by atoms with Crippen LogP contribution in [0.1, 0.15) is 18.1 Å². The van der Waals surface area contributed by atoms with Gasteiger partial charge in [-0.3, -0.25) is 14.6 Å². The maximum Gasteiger partial charge on any atom is 0.241 e. The summed E-state index contributed by atoms with van der Waals surface area (Å²) in [5, 5.41) is 3.03. The highest BCUT2D eigenvalue weighted by Gasteiger charge is 2.25. The van der Waals surface area contributed by atoms with Gasteiger partial charge < -0.3 is 10.1 Å². The van der Waals surface area contributed by atoms with Crippen LogP contribution in [0.2, 0.25) is 0 Å². The Bertz CT molecular complexity index is 827. The molecule has 5 nitrogen and oxygen atoms in total. The monoisotopic (exact) mass is 393 g/mol. The highest BCUT2D eigenvalue weighted by molar-refractivity contribution is 5.96. The molecule has 1 N–H and O–H groups in total. The maximum absolute atomic E-state index is 12.8. The number of methoxy groups -OCH3 is 1. The lowest BCUT2D eigenvalue weighted by Gasteiger charge is -2.37. The van der Waals surface area contributed by atoms with E-state index >= 15 is 0 Å². The van der Waals surface area contributed by atoms with E-state index in [0.717, 1.165) is 44.0 Å². The van der Waals surface area contributed by atoms with Gasteiger partial charge in [0.2, 0.25) is 5.91 Å². The Morgan fingerprint density at radius 2 is 1.86 bits per heavy atom. The molecular formula is C24H31N3O2. The van der Waals surface area contributed by atoms with Crippen molar-refractivity contribution in [3.05, 3.63) is 65.7 Å². The summed E-state index contributed by atoms with van der Waals surface area (Å²) >= 11 is 0. The average Bonchev–Trinajstić information content (AvgIpc) is 2.74. The number of carbonyl (C=O) groups excluding carboxylic acids is 1. The summed E-state index contributed by atoms with van der Waals surface area (Å²) in [6.45, 7) is 8.61. The topological polar surface area (TPSA) is 44.8 Å². The van der Waals surface area contributed by atoms with Gasteiger partial charge in [0, 0.05) is 32.7 Å². The molecule has 2 aromatic carbocycles. The molecule has 154 valence electrons. The van der Waals surface area contributed by atoms with Gasteiger partial charge in [-0.25, -0.2) is 0 Å². The molecule has 0 aromatic heterocycles. The molecule has 0 radical (unpaired) electrons. The van der Waals surface area contributed by atoms with Gasteiger partial charge in [-0.15, -0.1) is 0 Å². The first kappa shape index (κ1) is 21.1. The van der Waals surface area contributed by atoms with Crippen LogP contribution in [0.4, 0.5) is 5.69 Å². The van der Waals surface area contributed by atoms with Crippen LogP contribution in [-0.2, 0) is 4.79 Å². The highest BCUT2D eigenvalue weighted by atomic mass is 16.5. The fourth-order valence-electron chi connectivity index (χ4n) is 3.56. The Morgan fingerprint density at radius 1 is 1.14 bits per heavy atom.